The molecule has 8 rings (SSSR count). The van der Waals surface area contributed by atoms with E-state index in [1.54, 1.807) is 18.3 Å². The van der Waals surface area contributed by atoms with Crippen LogP contribution in [0.5, 0.6) is 0 Å². The summed E-state index contributed by atoms with van der Waals surface area (Å²) in [4.78, 5) is 37.9. The normalized spacial score (nSPS) is 13.7. The average molecular weight is 806 g/mol. The Kier molecular flexibility index (Phi) is 9.71. The van der Waals surface area contributed by atoms with Crippen LogP contribution >= 0.6 is 11.6 Å². The van der Waals surface area contributed by atoms with Gasteiger partial charge in [-0.3, -0.25) is 23.5 Å². The third kappa shape index (κ3) is 7.66. The Balaban J connectivity index is 1.38. The van der Waals surface area contributed by atoms with Crippen LogP contribution in [0.15, 0.2) is 83.8 Å². The van der Waals surface area contributed by atoms with Crippen molar-refractivity contribution in [3.63, 3.8) is 0 Å². The van der Waals surface area contributed by atoms with Crippen LogP contribution in [-0.4, -0.2) is 53.2 Å². The highest BCUT2D eigenvalue weighted by atomic mass is 35.5. The third-order valence-corrected chi connectivity index (χ3v) is 9.82. The number of alkyl halides is 3. The Morgan fingerprint density at radius 1 is 0.965 bits per heavy atom. The van der Waals surface area contributed by atoms with Crippen molar-refractivity contribution in [1.29, 1.82) is 0 Å². The Hall–Kier alpha value is -6.23. The first kappa shape index (κ1) is 37.7. The molecule has 18 heteroatoms. The summed E-state index contributed by atoms with van der Waals surface area (Å²) in [6, 6.07) is 14.3. The molecule has 1 atom stereocenters. The number of carbonyl (C=O) groups excluding carboxylic acids is 1. The van der Waals surface area contributed by atoms with E-state index in [1.165, 1.54) is 54.2 Å². The largest absolute Gasteiger partial charge is 0.408 e. The van der Waals surface area contributed by atoms with Gasteiger partial charge in [0.1, 0.15) is 36.4 Å². The number of fused-ring (bicyclic) bond motifs is 2. The van der Waals surface area contributed by atoms with Gasteiger partial charge in [0.05, 0.1) is 44.4 Å². The lowest BCUT2D eigenvalue weighted by Gasteiger charge is -2.24. The molecule has 0 spiro atoms. The fraction of sp³-hybridized carbons (Fsp3) is 0.231. The summed E-state index contributed by atoms with van der Waals surface area (Å²) in [6.07, 6.45) is -1.55. The highest BCUT2D eigenvalue weighted by Crippen LogP contribution is 2.39. The van der Waals surface area contributed by atoms with Crippen LogP contribution in [0.25, 0.3) is 38.9 Å². The zero-order chi connectivity index (χ0) is 40.2. The highest BCUT2D eigenvalue weighted by Gasteiger charge is 2.33. The van der Waals surface area contributed by atoms with E-state index in [2.05, 4.69) is 25.8 Å². The number of anilines is 1. The lowest BCUT2D eigenvalue weighted by molar-refractivity contribution is -0.141. The molecule has 1 aliphatic rings. The van der Waals surface area contributed by atoms with Gasteiger partial charge in [-0.1, -0.05) is 23.7 Å². The van der Waals surface area contributed by atoms with Gasteiger partial charge >= 0.3 is 6.18 Å². The second-order valence-electron chi connectivity index (χ2n) is 13.6. The van der Waals surface area contributed by atoms with Crippen LogP contribution in [0.2, 0.25) is 5.02 Å². The van der Waals surface area contributed by atoms with Gasteiger partial charge in [-0.15, -0.1) is 0 Å². The molecular weight excluding hydrogens is 776 g/mol. The van der Waals surface area contributed by atoms with Crippen molar-refractivity contribution >= 4 is 45.3 Å². The molecule has 0 unspecified atom stereocenters. The molecule has 11 nitrogen and oxygen atoms in total. The summed E-state index contributed by atoms with van der Waals surface area (Å²) in [5.41, 5.74) is -0.369. The summed E-state index contributed by atoms with van der Waals surface area (Å²) in [6.45, 7) is -1.88. The van der Waals surface area contributed by atoms with Crippen molar-refractivity contribution in [2.24, 2.45) is 0 Å². The molecule has 1 aliphatic carbocycles. The summed E-state index contributed by atoms with van der Waals surface area (Å²) < 4.78 is 89.4. The van der Waals surface area contributed by atoms with Gasteiger partial charge in [-0.25, -0.2) is 23.1 Å². The zero-order valence-corrected chi connectivity index (χ0v) is 30.5. The van der Waals surface area contributed by atoms with Crippen LogP contribution in [0.4, 0.5) is 32.2 Å². The zero-order valence-electron chi connectivity index (χ0n) is 29.8. The number of hydrogen-bond donors (Lipinski definition) is 2. The second-order valence-corrected chi connectivity index (χ2v) is 14.0. The van der Waals surface area contributed by atoms with Crippen LogP contribution in [-0.2, 0) is 24.3 Å². The van der Waals surface area contributed by atoms with Crippen molar-refractivity contribution in [2.75, 3.05) is 12.4 Å². The third-order valence-electron chi connectivity index (χ3n) is 9.51. The van der Waals surface area contributed by atoms with E-state index in [0.29, 0.717) is 16.7 Å². The van der Waals surface area contributed by atoms with Crippen molar-refractivity contribution < 1.29 is 31.1 Å². The predicted molar refractivity (Wildman–Crippen MR) is 200 cm³/mol. The summed E-state index contributed by atoms with van der Waals surface area (Å²) in [5.74, 6) is -3.10. The topological polar surface area (TPSA) is 125 Å². The Morgan fingerprint density at radius 3 is 2.42 bits per heavy atom. The van der Waals surface area contributed by atoms with Crippen molar-refractivity contribution in [3.8, 4) is 16.9 Å². The van der Waals surface area contributed by atoms with Gasteiger partial charge in [0.2, 0.25) is 5.91 Å². The molecule has 3 aromatic carbocycles. The minimum atomic E-state index is -4.77. The molecule has 0 saturated heterocycles. The number of benzene rings is 3. The Bertz CT molecular complexity index is 2740. The standard InChI is InChI=1S/C39H30ClF6N9O2/c1-47-36-33-26(40)9-11-31(34(33)54(52-36)19-39(44,45)46)55-37(50-35-25(38(55)57)8-10-29(49-35)24-4-2-3-5-27(24)43)30(16-20-14-22(41)17-23(42)15-20)48-32(56)18-53-13-12-28(51-53)21-6-7-21/h2-5,8-15,17,21,30H,6-7,16,18-19H2,1H3,(H,47,52)(H,48,56)/t30-/m0/s1. The molecule has 1 amide bonds. The quantitative estimate of drug-likeness (QED) is 0.129. The molecule has 0 radical (unpaired) electrons. The Morgan fingerprint density at radius 2 is 1.72 bits per heavy atom. The number of carbonyl (C=O) groups is 1. The molecule has 1 fully saturated rings. The van der Waals surface area contributed by atoms with Crippen LogP contribution in [0, 0.1) is 17.5 Å². The van der Waals surface area contributed by atoms with E-state index in [0.717, 1.165) is 35.2 Å². The van der Waals surface area contributed by atoms with Crippen LogP contribution < -0.4 is 16.2 Å². The lowest BCUT2D eigenvalue weighted by Crippen LogP contribution is -2.37. The Labute approximate surface area is 323 Å². The minimum absolute atomic E-state index is 0.0101. The number of rotatable bonds is 11. The molecule has 1 saturated carbocycles. The maximum Gasteiger partial charge on any atom is 0.408 e. The van der Waals surface area contributed by atoms with Crippen molar-refractivity contribution in [3.05, 3.63) is 129 Å². The number of aromatic nitrogens is 7. The van der Waals surface area contributed by atoms with Gasteiger partial charge < -0.3 is 10.6 Å². The molecule has 4 heterocycles. The molecule has 7 aromatic rings. The summed E-state index contributed by atoms with van der Waals surface area (Å²) in [7, 11) is 1.44. The van der Waals surface area contributed by atoms with E-state index in [4.69, 9.17) is 16.6 Å². The molecule has 0 aliphatic heterocycles. The van der Waals surface area contributed by atoms with Crippen molar-refractivity contribution in [1.82, 2.24) is 39.4 Å². The second kappa shape index (κ2) is 14.7. The molecule has 292 valence electrons. The maximum absolute atomic E-state index is 14.9. The molecule has 57 heavy (non-hydrogen) atoms. The number of pyridine rings is 1. The molecule has 4 aromatic heterocycles. The van der Waals surface area contributed by atoms with Gasteiger partial charge in [0, 0.05) is 37.2 Å². The number of nitrogens with one attached hydrogen (secondary N) is 2. The fourth-order valence-corrected chi connectivity index (χ4v) is 7.13. The minimum Gasteiger partial charge on any atom is -0.371 e. The summed E-state index contributed by atoms with van der Waals surface area (Å²) >= 11 is 6.56. The molecular formula is C39H30ClF6N9O2. The van der Waals surface area contributed by atoms with Gasteiger partial charge in [0.25, 0.3) is 5.56 Å². The number of hydrogen-bond acceptors (Lipinski definition) is 7. The monoisotopic (exact) mass is 805 g/mol. The fourth-order valence-electron chi connectivity index (χ4n) is 6.89. The van der Waals surface area contributed by atoms with E-state index in [9.17, 15) is 35.9 Å². The van der Waals surface area contributed by atoms with Gasteiger partial charge in [0.15, 0.2) is 11.5 Å². The average Bonchev–Trinajstić information content (AvgIpc) is 3.79. The first-order valence-electron chi connectivity index (χ1n) is 17.7. The molecule has 0 bridgehead atoms. The van der Waals surface area contributed by atoms with E-state index >= 15 is 0 Å². The highest BCUT2D eigenvalue weighted by molar-refractivity contribution is 6.36. The van der Waals surface area contributed by atoms with E-state index in [1.807, 2.05) is 0 Å². The first-order valence-corrected chi connectivity index (χ1v) is 18.0. The smallest absolute Gasteiger partial charge is 0.371 e. The SMILES string of the molecule is CNc1nn(CC(F)(F)F)c2c(-n3c([C@H](Cc4cc(F)cc(F)c4)NC(=O)Cn4ccc(C5CC5)n4)nc4nc(-c5ccccc5F)ccc4c3=O)ccc(Cl)c12. The maximum atomic E-state index is 14.9. The van der Waals surface area contributed by atoms with Gasteiger partial charge in [-0.05, 0) is 73.0 Å². The van der Waals surface area contributed by atoms with Crippen LogP contribution in [0.1, 0.15) is 41.9 Å². The van der Waals surface area contributed by atoms with Crippen LogP contribution in [0.3, 0.4) is 0 Å². The van der Waals surface area contributed by atoms with E-state index in [-0.39, 0.29) is 74.1 Å². The number of halogens is 7. The van der Waals surface area contributed by atoms with Crippen molar-refractivity contribution in [2.45, 2.75) is 50.5 Å². The molecule has 2 N–H and O–H groups in total. The number of nitrogens with zero attached hydrogens (tertiary/aromatic N) is 7. The lowest BCUT2D eigenvalue weighted by atomic mass is 10.0. The number of amides is 1. The predicted octanol–water partition coefficient (Wildman–Crippen LogP) is 7.65. The summed E-state index contributed by atoms with van der Waals surface area (Å²) in [5, 5.41) is 14.1. The van der Waals surface area contributed by atoms with Gasteiger partial charge in [-0.2, -0.15) is 23.4 Å². The first-order chi connectivity index (χ1) is 27.3. The van der Waals surface area contributed by atoms with E-state index < -0.39 is 47.7 Å².